The number of anilines is 1. The van der Waals surface area contributed by atoms with Crippen molar-refractivity contribution in [3.63, 3.8) is 0 Å². The minimum absolute atomic E-state index is 0.175. The quantitative estimate of drug-likeness (QED) is 0.851. The van der Waals surface area contributed by atoms with E-state index in [9.17, 15) is 5.26 Å². The van der Waals surface area contributed by atoms with Gasteiger partial charge in [0.2, 0.25) is 5.28 Å². The molecule has 1 aromatic rings. The first-order chi connectivity index (χ1) is 9.99. The zero-order valence-electron chi connectivity index (χ0n) is 12.4. The first-order valence-corrected chi connectivity index (χ1v) is 7.83. The number of rotatable bonds is 2. The van der Waals surface area contributed by atoms with Crippen molar-refractivity contribution in [3.8, 4) is 6.07 Å². The lowest BCUT2D eigenvalue weighted by Gasteiger charge is -2.47. The van der Waals surface area contributed by atoms with Crippen LogP contribution in [0.5, 0.6) is 0 Å². The molecule has 0 radical (unpaired) electrons. The largest absolute Gasteiger partial charge is 0.366 e. The number of aromatic nitrogens is 2. The van der Waals surface area contributed by atoms with Gasteiger partial charge >= 0.3 is 0 Å². The molecule has 0 saturated carbocycles. The fourth-order valence-corrected chi connectivity index (χ4v) is 4.00. The Kier molecular flexibility index (Phi) is 3.76. The summed E-state index contributed by atoms with van der Waals surface area (Å²) < 4.78 is 0. The average molecular weight is 306 g/mol. The van der Waals surface area contributed by atoms with Crippen LogP contribution in [0.15, 0.2) is 6.20 Å². The van der Waals surface area contributed by atoms with Crippen LogP contribution in [0.3, 0.4) is 0 Å². The van der Waals surface area contributed by atoms with Gasteiger partial charge in [-0.1, -0.05) is 0 Å². The molecule has 2 aliphatic heterocycles. The van der Waals surface area contributed by atoms with Gasteiger partial charge in [0.25, 0.3) is 0 Å². The second kappa shape index (κ2) is 5.43. The Hall–Kier alpha value is -1.38. The Balaban J connectivity index is 1.80. The summed E-state index contributed by atoms with van der Waals surface area (Å²) in [6, 6.07) is 3.07. The Morgan fingerprint density at radius 1 is 1.52 bits per heavy atom. The smallest absolute Gasteiger partial charge is 0.224 e. The molecule has 1 unspecified atom stereocenters. The van der Waals surface area contributed by atoms with Gasteiger partial charge < -0.3 is 5.32 Å². The number of piperidine rings is 1. The van der Waals surface area contributed by atoms with E-state index in [1.54, 1.807) is 0 Å². The van der Waals surface area contributed by atoms with Crippen LogP contribution in [0.2, 0.25) is 5.28 Å². The lowest BCUT2D eigenvalue weighted by molar-refractivity contribution is 0.0501. The van der Waals surface area contributed by atoms with Crippen molar-refractivity contribution in [1.29, 1.82) is 5.26 Å². The van der Waals surface area contributed by atoms with Crippen molar-refractivity contribution in [1.82, 2.24) is 14.9 Å². The van der Waals surface area contributed by atoms with Crippen molar-refractivity contribution in [2.75, 3.05) is 11.9 Å². The summed E-state index contributed by atoms with van der Waals surface area (Å²) in [6.07, 6.45) is 6.15. The maximum atomic E-state index is 9.17. The number of hydrogen-bond acceptors (Lipinski definition) is 5. The maximum Gasteiger partial charge on any atom is 0.224 e. The molecule has 3 heterocycles. The minimum atomic E-state index is 0.175. The van der Waals surface area contributed by atoms with Gasteiger partial charge in [0.05, 0.1) is 6.20 Å². The molecule has 3 rings (SSSR count). The molecule has 112 valence electrons. The lowest BCUT2D eigenvalue weighted by Crippen LogP contribution is -2.55. The van der Waals surface area contributed by atoms with E-state index in [2.05, 4.69) is 40.1 Å². The number of halogens is 1. The number of nitrogens with zero attached hydrogens (tertiary/aromatic N) is 4. The van der Waals surface area contributed by atoms with E-state index >= 15 is 0 Å². The van der Waals surface area contributed by atoms with Crippen molar-refractivity contribution in [3.05, 3.63) is 17.0 Å². The summed E-state index contributed by atoms with van der Waals surface area (Å²) in [5.74, 6) is 0.560. The Bertz CT molecular complexity index is 580. The Morgan fingerprint density at radius 2 is 2.33 bits per heavy atom. The monoisotopic (exact) mass is 305 g/mol. The van der Waals surface area contributed by atoms with E-state index in [1.807, 2.05) is 0 Å². The van der Waals surface area contributed by atoms with Gasteiger partial charge in [0.15, 0.2) is 0 Å². The van der Waals surface area contributed by atoms with Crippen LogP contribution < -0.4 is 5.32 Å². The molecule has 0 amide bonds. The average Bonchev–Trinajstić information content (AvgIpc) is 2.87. The second-order valence-corrected chi connectivity index (χ2v) is 6.93. The van der Waals surface area contributed by atoms with Crippen molar-refractivity contribution < 1.29 is 0 Å². The molecule has 1 aromatic heterocycles. The SMILES string of the molecule is CC1(C)CC(Nc2nc(Cl)ncc2C#N)C[C@@H]2CCCN21. The molecule has 6 heteroatoms. The summed E-state index contributed by atoms with van der Waals surface area (Å²) in [7, 11) is 0. The maximum absolute atomic E-state index is 9.17. The van der Waals surface area contributed by atoms with Crippen LogP contribution >= 0.6 is 11.6 Å². The number of hydrogen-bond donors (Lipinski definition) is 1. The lowest BCUT2D eigenvalue weighted by atomic mass is 9.84. The summed E-state index contributed by atoms with van der Waals surface area (Å²) in [5, 5.41) is 12.8. The van der Waals surface area contributed by atoms with E-state index in [4.69, 9.17) is 11.6 Å². The Morgan fingerprint density at radius 3 is 3.10 bits per heavy atom. The van der Waals surface area contributed by atoms with E-state index in [-0.39, 0.29) is 10.8 Å². The van der Waals surface area contributed by atoms with E-state index < -0.39 is 0 Å². The number of fused-ring (bicyclic) bond motifs is 1. The van der Waals surface area contributed by atoms with Crippen LogP contribution in [0.25, 0.3) is 0 Å². The number of nitrogens with one attached hydrogen (secondary N) is 1. The highest BCUT2D eigenvalue weighted by Crippen LogP contribution is 2.38. The normalized spacial score (nSPS) is 27.9. The van der Waals surface area contributed by atoms with Crippen molar-refractivity contribution >= 4 is 17.4 Å². The predicted octanol–water partition coefficient (Wildman–Crippen LogP) is 2.82. The van der Waals surface area contributed by atoms with Crippen LogP contribution in [-0.2, 0) is 0 Å². The highest BCUT2D eigenvalue weighted by Gasteiger charge is 2.42. The summed E-state index contributed by atoms with van der Waals surface area (Å²) in [4.78, 5) is 10.7. The third kappa shape index (κ3) is 2.83. The topological polar surface area (TPSA) is 64.8 Å². The summed E-state index contributed by atoms with van der Waals surface area (Å²) >= 11 is 5.86. The predicted molar refractivity (Wildman–Crippen MR) is 82.2 cm³/mol. The zero-order chi connectivity index (χ0) is 15.0. The molecule has 2 saturated heterocycles. The van der Waals surface area contributed by atoms with E-state index in [1.165, 1.54) is 25.6 Å². The van der Waals surface area contributed by atoms with Gasteiger partial charge in [-0.05, 0) is 57.7 Å². The molecule has 2 aliphatic rings. The molecule has 5 nitrogen and oxygen atoms in total. The van der Waals surface area contributed by atoms with Gasteiger partial charge in [-0.2, -0.15) is 10.2 Å². The summed E-state index contributed by atoms with van der Waals surface area (Å²) in [6.45, 7) is 5.81. The first kappa shape index (κ1) is 14.6. The van der Waals surface area contributed by atoms with E-state index in [0.717, 1.165) is 12.8 Å². The van der Waals surface area contributed by atoms with Crippen LogP contribution in [0.4, 0.5) is 5.82 Å². The molecule has 0 aromatic carbocycles. The third-order valence-electron chi connectivity index (χ3n) is 4.68. The molecule has 1 N–H and O–H groups in total. The van der Waals surface area contributed by atoms with Crippen LogP contribution in [0.1, 0.15) is 45.1 Å². The van der Waals surface area contributed by atoms with Gasteiger partial charge in [0.1, 0.15) is 17.5 Å². The van der Waals surface area contributed by atoms with Crippen LogP contribution in [-0.4, -0.2) is 39.0 Å². The first-order valence-electron chi connectivity index (χ1n) is 7.45. The molecule has 21 heavy (non-hydrogen) atoms. The van der Waals surface area contributed by atoms with Gasteiger partial charge in [-0.15, -0.1) is 0 Å². The standard InChI is InChI=1S/C15H20ClN5/c1-15(2)7-11(6-12-4-3-5-21(12)15)19-13-10(8-17)9-18-14(16)20-13/h9,11-12H,3-7H2,1-2H3,(H,18,19,20)/t11?,12-/m0/s1. The molecular formula is C15H20ClN5. The Labute approximate surface area is 130 Å². The van der Waals surface area contributed by atoms with Gasteiger partial charge in [0, 0.05) is 17.6 Å². The molecule has 2 atom stereocenters. The second-order valence-electron chi connectivity index (χ2n) is 6.60. The molecular weight excluding hydrogens is 286 g/mol. The van der Waals surface area contributed by atoms with Crippen LogP contribution in [0, 0.1) is 11.3 Å². The van der Waals surface area contributed by atoms with E-state index in [0.29, 0.717) is 23.5 Å². The minimum Gasteiger partial charge on any atom is -0.366 e. The molecule has 0 aliphatic carbocycles. The van der Waals surface area contributed by atoms with Gasteiger partial charge in [-0.3, -0.25) is 4.90 Å². The fraction of sp³-hybridized carbons (Fsp3) is 0.667. The molecule has 0 spiro atoms. The van der Waals surface area contributed by atoms with Gasteiger partial charge in [-0.25, -0.2) is 4.98 Å². The fourth-order valence-electron chi connectivity index (χ4n) is 3.87. The highest BCUT2D eigenvalue weighted by molar-refractivity contribution is 6.28. The van der Waals surface area contributed by atoms with Crippen molar-refractivity contribution in [2.24, 2.45) is 0 Å². The summed E-state index contributed by atoms with van der Waals surface area (Å²) in [5.41, 5.74) is 0.631. The molecule has 0 bridgehead atoms. The zero-order valence-corrected chi connectivity index (χ0v) is 13.2. The highest BCUT2D eigenvalue weighted by atomic mass is 35.5. The number of nitriles is 1. The van der Waals surface area contributed by atoms with Crippen molar-refractivity contribution in [2.45, 2.75) is 57.2 Å². The third-order valence-corrected chi connectivity index (χ3v) is 4.86. The molecule has 2 fully saturated rings.